The number of para-hydroxylation sites is 3. The van der Waals surface area contributed by atoms with Crippen molar-refractivity contribution < 1.29 is 13.2 Å². The van der Waals surface area contributed by atoms with Gasteiger partial charge in [0.05, 0.1) is 5.69 Å². The lowest BCUT2D eigenvalue weighted by Crippen LogP contribution is -2.22. The summed E-state index contributed by atoms with van der Waals surface area (Å²) >= 11 is 0. The number of amides is 2. The second kappa shape index (κ2) is 7.71. The topological polar surface area (TPSA) is 87.3 Å². The second-order valence-corrected chi connectivity index (χ2v) is 7.06. The van der Waals surface area contributed by atoms with Crippen molar-refractivity contribution in [2.45, 2.75) is 4.90 Å². The van der Waals surface area contributed by atoms with Crippen LogP contribution in [0.25, 0.3) is 0 Å². The Morgan fingerprint density at radius 1 is 0.654 bits per heavy atom. The number of nitrogens with one attached hydrogen (secondary N) is 3. The fourth-order valence-corrected chi connectivity index (χ4v) is 3.55. The number of urea groups is 1. The van der Waals surface area contributed by atoms with Gasteiger partial charge < -0.3 is 10.6 Å². The molecule has 0 fully saturated rings. The van der Waals surface area contributed by atoms with Crippen molar-refractivity contribution in [1.29, 1.82) is 0 Å². The molecule has 0 saturated carbocycles. The number of carbonyl (C=O) groups excluding carboxylic acids is 1. The molecule has 0 aliphatic carbocycles. The Hall–Kier alpha value is -3.32. The molecule has 6 nitrogen and oxygen atoms in total. The molecule has 0 saturated heterocycles. The fourth-order valence-electron chi connectivity index (χ4n) is 2.33. The van der Waals surface area contributed by atoms with E-state index in [4.69, 9.17) is 0 Å². The monoisotopic (exact) mass is 367 g/mol. The first-order valence-corrected chi connectivity index (χ1v) is 9.33. The Balaban J connectivity index is 1.80. The molecule has 0 bridgehead atoms. The molecule has 0 radical (unpaired) electrons. The fraction of sp³-hybridized carbons (Fsp3) is 0. The maximum atomic E-state index is 12.7. The molecule has 3 N–H and O–H groups in total. The van der Waals surface area contributed by atoms with Gasteiger partial charge in [-0.25, -0.2) is 13.2 Å². The molecule has 3 aromatic carbocycles. The summed E-state index contributed by atoms with van der Waals surface area (Å²) in [6.45, 7) is 0. The molecule has 0 aliphatic rings. The standard InChI is InChI=1S/C19H17N3O3S/c23-19(20-15-9-3-1-4-10-15)21-17-13-7-8-14-18(17)26(24,25)22-16-11-5-2-6-12-16/h1-14,22H,(H2,20,21,23). The number of anilines is 3. The van der Waals surface area contributed by atoms with Crippen molar-refractivity contribution in [2.75, 3.05) is 15.4 Å². The highest BCUT2D eigenvalue weighted by molar-refractivity contribution is 7.92. The van der Waals surface area contributed by atoms with Crippen LogP contribution >= 0.6 is 0 Å². The molecule has 2 amide bonds. The van der Waals surface area contributed by atoms with Gasteiger partial charge in [0.1, 0.15) is 4.90 Å². The van der Waals surface area contributed by atoms with Gasteiger partial charge in [0, 0.05) is 11.4 Å². The summed E-state index contributed by atoms with van der Waals surface area (Å²) in [5, 5.41) is 5.24. The highest BCUT2D eigenvalue weighted by Gasteiger charge is 2.19. The molecule has 26 heavy (non-hydrogen) atoms. The average molecular weight is 367 g/mol. The first-order valence-electron chi connectivity index (χ1n) is 7.84. The van der Waals surface area contributed by atoms with Gasteiger partial charge in [0.25, 0.3) is 10.0 Å². The van der Waals surface area contributed by atoms with Crippen LogP contribution in [-0.2, 0) is 10.0 Å². The SMILES string of the molecule is O=C(Nc1ccccc1)Nc1ccccc1S(=O)(=O)Nc1ccccc1. The highest BCUT2D eigenvalue weighted by Crippen LogP contribution is 2.23. The second-order valence-electron chi connectivity index (χ2n) is 5.41. The summed E-state index contributed by atoms with van der Waals surface area (Å²) in [5.41, 5.74) is 1.23. The number of rotatable bonds is 5. The lowest BCUT2D eigenvalue weighted by molar-refractivity contribution is 0.262. The van der Waals surface area contributed by atoms with Crippen molar-refractivity contribution in [3.05, 3.63) is 84.9 Å². The van der Waals surface area contributed by atoms with Crippen molar-refractivity contribution >= 4 is 33.1 Å². The van der Waals surface area contributed by atoms with E-state index in [-0.39, 0.29) is 10.6 Å². The van der Waals surface area contributed by atoms with Crippen molar-refractivity contribution in [3.63, 3.8) is 0 Å². The number of carbonyl (C=O) groups is 1. The molecule has 0 heterocycles. The van der Waals surface area contributed by atoms with Crippen LogP contribution in [0.3, 0.4) is 0 Å². The Bertz CT molecular complexity index is 991. The normalized spacial score (nSPS) is 10.8. The molecule has 3 aromatic rings. The third-order valence-electron chi connectivity index (χ3n) is 3.48. The smallest absolute Gasteiger partial charge is 0.308 e. The third-order valence-corrected chi connectivity index (χ3v) is 4.92. The van der Waals surface area contributed by atoms with Gasteiger partial charge in [0.15, 0.2) is 0 Å². The van der Waals surface area contributed by atoms with Crippen LogP contribution in [0.1, 0.15) is 0 Å². The third kappa shape index (κ3) is 4.40. The van der Waals surface area contributed by atoms with Gasteiger partial charge in [-0.1, -0.05) is 48.5 Å². The van der Waals surface area contributed by atoms with E-state index in [1.165, 1.54) is 12.1 Å². The molecule has 7 heteroatoms. The van der Waals surface area contributed by atoms with Crippen LogP contribution in [-0.4, -0.2) is 14.4 Å². The molecular formula is C19H17N3O3S. The van der Waals surface area contributed by atoms with E-state index in [1.54, 1.807) is 66.7 Å². The largest absolute Gasteiger partial charge is 0.323 e. The van der Waals surface area contributed by atoms with Crippen molar-refractivity contribution in [2.24, 2.45) is 0 Å². The number of sulfonamides is 1. The van der Waals surface area contributed by atoms with E-state index in [0.717, 1.165) is 0 Å². The minimum Gasteiger partial charge on any atom is -0.308 e. The molecule has 0 atom stereocenters. The molecule has 0 aromatic heterocycles. The maximum Gasteiger partial charge on any atom is 0.323 e. The zero-order valence-electron chi connectivity index (χ0n) is 13.7. The predicted molar refractivity (Wildman–Crippen MR) is 103 cm³/mol. The van der Waals surface area contributed by atoms with Gasteiger partial charge in [-0.05, 0) is 36.4 Å². The first kappa shape index (κ1) is 17.5. The van der Waals surface area contributed by atoms with E-state index in [0.29, 0.717) is 11.4 Å². The number of hydrogen-bond donors (Lipinski definition) is 3. The minimum atomic E-state index is -3.85. The van der Waals surface area contributed by atoms with E-state index >= 15 is 0 Å². The lowest BCUT2D eigenvalue weighted by atomic mass is 10.3. The van der Waals surface area contributed by atoms with Crippen LogP contribution in [0.15, 0.2) is 89.8 Å². The Morgan fingerprint density at radius 2 is 1.19 bits per heavy atom. The summed E-state index contributed by atoms with van der Waals surface area (Å²) in [4.78, 5) is 12.2. The molecule has 0 aliphatic heterocycles. The van der Waals surface area contributed by atoms with Gasteiger partial charge in [0.2, 0.25) is 0 Å². The van der Waals surface area contributed by atoms with Crippen LogP contribution in [0, 0.1) is 0 Å². The van der Waals surface area contributed by atoms with Crippen molar-refractivity contribution in [3.8, 4) is 0 Å². The number of hydrogen-bond acceptors (Lipinski definition) is 3. The molecule has 132 valence electrons. The molecule has 0 unspecified atom stereocenters. The minimum absolute atomic E-state index is 0.0212. The number of benzene rings is 3. The highest BCUT2D eigenvalue weighted by atomic mass is 32.2. The summed E-state index contributed by atoms with van der Waals surface area (Å²) in [6, 6.07) is 23.1. The molecular weight excluding hydrogens is 350 g/mol. The average Bonchev–Trinajstić information content (AvgIpc) is 2.63. The van der Waals surface area contributed by atoms with Crippen LogP contribution < -0.4 is 15.4 Å². The summed E-state index contributed by atoms with van der Waals surface area (Å²) < 4.78 is 27.9. The summed E-state index contributed by atoms with van der Waals surface area (Å²) in [7, 11) is -3.85. The van der Waals surface area contributed by atoms with Crippen molar-refractivity contribution in [1.82, 2.24) is 0 Å². The molecule has 0 spiro atoms. The van der Waals surface area contributed by atoms with E-state index in [9.17, 15) is 13.2 Å². The van der Waals surface area contributed by atoms with Gasteiger partial charge >= 0.3 is 6.03 Å². The van der Waals surface area contributed by atoms with E-state index in [2.05, 4.69) is 15.4 Å². The molecule has 3 rings (SSSR count). The lowest BCUT2D eigenvalue weighted by Gasteiger charge is -2.13. The Labute approximate surface area is 151 Å². The summed E-state index contributed by atoms with van der Waals surface area (Å²) in [6.07, 6.45) is 0. The summed E-state index contributed by atoms with van der Waals surface area (Å²) in [5.74, 6) is 0. The van der Waals surface area contributed by atoms with Gasteiger partial charge in [-0.15, -0.1) is 0 Å². The predicted octanol–water partition coefficient (Wildman–Crippen LogP) is 4.13. The Kier molecular flexibility index (Phi) is 5.19. The van der Waals surface area contributed by atoms with E-state index < -0.39 is 16.1 Å². The Morgan fingerprint density at radius 3 is 1.85 bits per heavy atom. The van der Waals surface area contributed by atoms with Gasteiger partial charge in [-0.3, -0.25) is 4.72 Å². The van der Waals surface area contributed by atoms with Crippen LogP contribution in [0.4, 0.5) is 21.9 Å². The van der Waals surface area contributed by atoms with E-state index in [1.807, 2.05) is 6.07 Å². The van der Waals surface area contributed by atoms with Crippen LogP contribution in [0.5, 0.6) is 0 Å². The van der Waals surface area contributed by atoms with Gasteiger partial charge in [-0.2, -0.15) is 0 Å². The maximum absolute atomic E-state index is 12.7. The first-order chi connectivity index (χ1) is 12.5. The zero-order chi connectivity index (χ0) is 18.4. The van der Waals surface area contributed by atoms with Crippen LogP contribution in [0.2, 0.25) is 0 Å². The zero-order valence-corrected chi connectivity index (χ0v) is 14.5. The quantitative estimate of drug-likeness (QED) is 0.633.